The Labute approximate surface area is 142 Å². The predicted molar refractivity (Wildman–Crippen MR) is 86.4 cm³/mol. The van der Waals surface area contributed by atoms with E-state index in [1.807, 2.05) is 6.07 Å². The van der Waals surface area contributed by atoms with Crippen LogP contribution in [-0.4, -0.2) is 15.0 Å². The quantitative estimate of drug-likeness (QED) is 0.765. The minimum absolute atomic E-state index is 0.413. The van der Waals surface area contributed by atoms with Crippen LogP contribution in [0.4, 0.5) is 13.2 Å². The SMILES string of the molecule is FC(F)(F)c1cccc([C@H](NCc2cncnc2)c2cccnc2)c1. The lowest BCUT2D eigenvalue weighted by molar-refractivity contribution is -0.137. The van der Waals surface area contributed by atoms with Crippen molar-refractivity contribution in [2.45, 2.75) is 18.8 Å². The molecule has 2 heterocycles. The number of aromatic nitrogens is 3. The minimum atomic E-state index is -4.39. The maximum Gasteiger partial charge on any atom is 0.416 e. The molecule has 2 aromatic heterocycles. The molecule has 4 nitrogen and oxygen atoms in total. The molecule has 1 N–H and O–H groups in total. The second-order valence-corrected chi connectivity index (χ2v) is 5.47. The molecule has 0 amide bonds. The maximum absolute atomic E-state index is 13.0. The topological polar surface area (TPSA) is 50.7 Å². The molecule has 25 heavy (non-hydrogen) atoms. The zero-order valence-corrected chi connectivity index (χ0v) is 13.1. The summed E-state index contributed by atoms with van der Waals surface area (Å²) in [6.07, 6.45) is 3.62. The highest BCUT2D eigenvalue weighted by Gasteiger charge is 2.31. The first-order chi connectivity index (χ1) is 12.0. The fourth-order valence-electron chi connectivity index (χ4n) is 2.51. The number of halogens is 3. The third kappa shape index (κ3) is 4.39. The Morgan fingerprint density at radius 3 is 2.36 bits per heavy atom. The van der Waals surface area contributed by atoms with Crippen LogP contribution >= 0.6 is 0 Å². The zero-order valence-electron chi connectivity index (χ0n) is 13.1. The van der Waals surface area contributed by atoms with Crippen LogP contribution in [0.3, 0.4) is 0 Å². The lowest BCUT2D eigenvalue weighted by Gasteiger charge is -2.20. The van der Waals surface area contributed by atoms with Gasteiger partial charge in [0.15, 0.2) is 0 Å². The standard InChI is InChI=1S/C18H15F3N4/c19-18(20,21)16-5-1-3-14(7-16)17(15-4-2-6-22-11-15)25-10-13-8-23-12-24-9-13/h1-9,11-12,17,25H,10H2/t17-/m0/s1. The number of alkyl halides is 3. The summed E-state index contributed by atoms with van der Waals surface area (Å²) in [4.78, 5) is 12.0. The molecule has 128 valence electrons. The van der Waals surface area contributed by atoms with Gasteiger partial charge in [0.25, 0.3) is 0 Å². The van der Waals surface area contributed by atoms with Crippen molar-refractivity contribution in [1.29, 1.82) is 0 Å². The molecule has 0 aliphatic rings. The lowest BCUT2D eigenvalue weighted by Crippen LogP contribution is -2.23. The first-order valence-electron chi connectivity index (χ1n) is 7.58. The Balaban J connectivity index is 1.92. The summed E-state index contributed by atoms with van der Waals surface area (Å²) in [6, 6.07) is 8.45. The monoisotopic (exact) mass is 344 g/mol. The summed E-state index contributed by atoms with van der Waals surface area (Å²) >= 11 is 0. The van der Waals surface area contributed by atoms with Crippen molar-refractivity contribution in [1.82, 2.24) is 20.3 Å². The highest BCUT2D eigenvalue weighted by Crippen LogP contribution is 2.32. The van der Waals surface area contributed by atoms with E-state index in [0.29, 0.717) is 12.1 Å². The molecule has 0 spiro atoms. The van der Waals surface area contributed by atoms with E-state index in [0.717, 1.165) is 23.3 Å². The van der Waals surface area contributed by atoms with E-state index in [9.17, 15) is 13.2 Å². The van der Waals surface area contributed by atoms with Gasteiger partial charge < -0.3 is 5.32 Å². The molecule has 7 heteroatoms. The normalized spacial score (nSPS) is 12.8. The van der Waals surface area contributed by atoms with E-state index in [1.165, 1.54) is 12.4 Å². The maximum atomic E-state index is 13.0. The van der Waals surface area contributed by atoms with Gasteiger partial charge in [-0.3, -0.25) is 4.98 Å². The molecule has 0 radical (unpaired) electrons. The summed E-state index contributed by atoms with van der Waals surface area (Å²) in [5.41, 5.74) is 1.45. The van der Waals surface area contributed by atoms with Crippen molar-refractivity contribution in [3.63, 3.8) is 0 Å². The third-order valence-electron chi connectivity index (χ3n) is 3.69. The number of hydrogen-bond donors (Lipinski definition) is 1. The zero-order chi connectivity index (χ0) is 17.7. The van der Waals surface area contributed by atoms with Crippen LogP contribution in [0.25, 0.3) is 0 Å². The summed E-state index contributed by atoms with van der Waals surface area (Å²) < 4.78 is 39.1. The Bertz CT molecular complexity index is 807. The number of rotatable bonds is 5. The molecule has 3 rings (SSSR count). The van der Waals surface area contributed by atoms with Gasteiger partial charge in [-0.15, -0.1) is 0 Å². The first-order valence-corrected chi connectivity index (χ1v) is 7.58. The molecule has 0 unspecified atom stereocenters. The number of pyridine rings is 1. The molecule has 0 saturated carbocycles. The fourth-order valence-corrected chi connectivity index (χ4v) is 2.51. The van der Waals surface area contributed by atoms with Gasteiger partial charge in [-0.05, 0) is 29.3 Å². The van der Waals surface area contributed by atoms with Gasteiger partial charge >= 0.3 is 6.18 Å². The van der Waals surface area contributed by atoms with E-state index in [1.54, 1.807) is 36.9 Å². The largest absolute Gasteiger partial charge is 0.416 e. The summed E-state index contributed by atoms with van der Waals surface area (Å²) in [5, 5.41) is 3.26. The molecule has 0 bridgehead atoms. The average Bonchev–Trinajstić information content (AvgIpc) is 2.63. The van der Waals surface area contributed by atoms with Crippen LogP contribution in [0.5, 0.6) is 0 Å². The highest BCUT2D eigenvalue weighted by atomic mass is 19.4. The molecule has 0 saturated heterocycles. The molecular weight excluding hydrogens is 329 g/mol. The van der Waals surface area contributed by atoms with Crippen LogP contribution in [0.1, 0.15) is 28.3 Å². The summed E-state index contributed by atoms with van der Waals surface area (Å²) in [5.74, 6) is 0. The van der Waals surface area contributed by atoms with Crippen molar-refractivity contribution >= 4 is 0 Å². The van der Waals surface area contributed by atoms with Gasteiger partial charge in [-0.25, -0.2) is 9.97 Å². The second kappa shape index (κ2) is 7.40. The Kier molecular flexibility index (Phi) is 5.04. The molecule has 1 atom stereocenters. The molecule has 0 aliphatic carbocycles. The number of benzene rings is 1. The van der Waals surface area contributed by atoms with Crippen LogP contribution in [-0.2, 0) is 12.7 Å². The average molecular weight is 344 g/mol. The van der Waals surface area contributed by atoms with Crippen molar-refractivity contribution in [2.24, 2.45) is 0 Å². The van der Waals surface area contributed by atoms with Gasteiger partial charge in [0.2, 0.25) is 0 Å². The molecule has 0 fully saturated rings. The molecule has 0 aliphatic heterocycles. The summed E-state index contributed by atoms with van der Waals surface area (Å²) in [7, 11) is 0. The van der Waals surface area contributed by atoms with Gasteiger partial charge in [0, 0.05) is 36.9 Å². The van der Waals surface area contributed by atoms with Gasteiger partial charge in [-0.2, -0.15) is 13.2 Å². The second-order valence-electron chi connectivity index (χ2n) is 5.47. The number of nitrogens with one attached hydrogen (secondary N) is 1. The highest BCUT2D eigenvalue weighted by molar-refractivity contribution is 5.34. The number of hydrogen-bond acceptors (Lipinski definition) is 4. The van der Waals surface area contributed by atoms with Gasteiger partial charge in [-0.1, -0.05) is 18.2 Å². The molecule has 1 aromatic carbocycles. The minimum Gasteiger partial charge on any atom is -0.302 e. The van der Waals surface area contributed by atoms with E-state index in [-0.39, 0.29) is 0 Å². The number of nitrogens with zero attached hydrogens (tertiary/aromatic N) is 3. The Morgan fingerprint density at radius 2 is 1.68 bits per heavy atom. The third-order valence-corrected chi connectivity index (χ3v) is 3.69. The van der Waals surface area contributed by atoms with Crippen LogP contribution in [0.2, 0.25) is 0 Å². The van der Waals surface area contributed by atoms with Crippen molar-refractivity contribution in [3.8, 4) is 0 Å². The Hall–Kier alpha value is -2.80. The lowest BCUT2D eigenvalue weighted by atomic mass is 9.98. The smallest absolute Gasteiger partial charge is 0.302 e. The fraction of sp³-hybridized carbons (Fsp3) is 0.167. The van der Waals surface area contributed by atoms with Crippen molar-refractivity contribution in [3.05, 3.63) is 89.8 Å². The first kappa shape index (κ1) is 17.0. The van der Waals surface area contributed by atoms with Crippen LogP contribution in [0.15, 0.2) is 67.5 Å². The van der Waals surface area contributed by atoms with Crippen LogP contribution in [0, 0.1) is 0 Å². The van der Waals surface area contributed by atoms with E-state index >= 15 is 0 Å². The van der Waals surface area contributed by atoms with Crippen LogP contribution < -0.4 is 5.32 Å². The van der Waals surface area contributed by atoms with E-state index in [4.69, 9.17) is 0 Å². The van der Waals surface area contributed by atoms with Gasteiger partial charge in [0.1, 0.15) is 6.33 Å². The van der Waals surface area contributed by atoms with Crippen molar-refractivity contribution in [2.75, 3.05) is 0 Å². The molecular formula is C18H15F3N4. The van der Waals surface area contributed by atoms with Crippen molar-refractivity contribution < 1.29 is 13.2 Å². The van der Waals surface area contributed by atoms with E-state index < -0.39 is 17.8 Å². The summed E-state index contributed by atoms with van der Waals surface area (Å²) in [6.45, 7) is 0.413. The Morgan fingerprint density at radius 1 is 0.920 bits per heavy atom. The predicted octanol–water partition coefficient (Wildman–Crippen LogP) is 3.77. The molecule has 3 aromatic rings. The van der Waals surface area contributed by atoms with Gasteiger partial charge in [0.05, 0.1) is 11.6 Å². The van der Waals surface area contributed by atoms with E-state index in [2.05, 4.69) is 20.3 Å².